The summed E-state index contributed by atoms with van der Waals surface area (Å²) >= 11 is 4.29. The zero-order valence-electron chi connectivity index (χ0n) is 14.3. The molecule has 0 bridgehead atoms. The van der Waals surface area contributed by atoms with E-state index < -0.39 is 17.8 Å². The molecule has 2 aromatic rings. The number of rotatable bonds is 7. The minimum Gasteiger partial charge on any atom is -0.482 e. The Labute approximate surface area is 167 Å². The zero-order valence-corrected chi connectivity index (χ0v) is 16.7. The zero-order chi connectivity index (χ0) is 20.0. The number of ether oxygens (including phenoxy) is 2. The summed E-state index contributed by atoms with van der Waals surface area (Å²) in [5.74, 6) is 1.67. The molecule has 0 aliphatic rings. The van der Waals surface area contributed by atoms with Crippen LogP contribution in [-0.4, -0.2) is 17.0 Å². The molecule has 0 aromatic heterocycles. The summed E-state index contributed by atoms with van der Waals surface area (Å²) in [6.07, 6.45) is -5.02. The van der Waals surface area contributed by atoms with Crippen molar-refractivity contribution in [1.82, 2.24) is 0 Å². The second-order valence-electron chi connectivity index (χ2n) is 5.48. The van der Waals surface area contributed by atoms with Crippen molar-refractivity contribution in [3.05, 3.63) is 65.2 Å². The van der Waals surface area contributed by atoms with Gasteiger partial charge in [-0.25, -0.2) is 0 Å². The predicted molar refractivity (Wildman–Crippen MR) is 104 cm³/mol. The second kappa shape index (κ2) is 9.32. The maximum Gasteiger partial charge on any atom is 0.416 e. The second-order valence-corrected chi connectivity index (χ2v) is 7.58. The van der Waals surface area contributed by atoms with Crippen molar-refractivity contribution < 1.29 is 27.4 Å². The number of carbonyl (C=O) groups is 1. The number of hydrogen-bond acceptors (Lipinski definition) is 4. The van der Waals surface area contributed by atoms with Crippen LogP contribution in [0, 0.1) is 0 Å². The number of halogens is 4. The molecule has 0 saturated carbocycles. The molecular weight excluding hydrogens is 445 g/mol. The highest BCUT2D eigenvalue weighted by atomic mass is 79.9. The van der Waals surface area contributed by atoms with Gasteiger partial charge >= 0.3 is 6.18 Å². The van der Waals surface area contributed by atoms with Crippen LogP contribution < -0.4 is 9.47 Å². The van der Waals surface area contributed by atoms with E-state index in [2.05, 4.69) is 22.5 Å². The van der Waals surface area contributed by atoms with E-state index in [-0.39, 0.29) is 10.9 Å². The Kier molecular flexibility index (Phi) is 7.38. The van der Waals surface area contributed by atoms with Crippen molar-refractivity contribution in [3.8, 4) is 17.2 Å². The standard InChI is InChI=1S/C19H16BrF3O3S/c1-12(20)11-27-18(24)13(2)25-15-7-9-17(10-8-15)26-16-5-3-14(4-6-16)19(21,22)23/h3-10,13H,1,11H2,2H3. The van der Waals surface area contributed by atoms with E-state index in [9.17, 15) is 18.0 Å². The fourth-order valence-electron chi connectivity index (χ4n) is 1.95. The van der Waals surface area contributed by atoms with Crippen LogP contribution in [0.3, 0.4) is 0 Å². The van der Waals surface area contributed by atoms with Gasteiger partial charge in [0, 0.05) is 5.75 Å². The lowest BCUT2D eigenvalue weighted by atomic mass is 10.2. The van der Waals surface area contributed by atoms with Gasteiger partial charge < -0.3 is 9.47 Å². The van der Waals surface area contributed by atoms with E-state index in [1.54, 1.807) is 31.2 Å². The fourth-order valence-corrected chi connectivity index (χ4v) is 2.88. The highest BCUT2D eigenvalue weighted by molar-refractivity contribution is 9.11. The summed E-state index contributed by atoms with van der Waals surface area (Å²) in [6, 6.07) is 10.9. The van der Waals surface area contributed by atoms with Crippen LogP contribution in [0.15, 0.2) is 59.6 Å². The summed E-state index contributed by atoms with van der Waals surface area (Å²) in [7, 11) is 0. The predicted octanol–water partition coefficient (Wildman–Crippen LogP) is 6.43. The van der Waals surface area contributed by atoms with Gasteiger partial charge in [0.25, 0.3) is 0 Å². The van der Waals surface area contributed by atoms with Gasteiger partial charge in [0.2, 0.25) is 5.12 Å². The van der Waals surface area contributed by atoms with Crippen LogP contribution >= 0.6 is 27.7 Å². The van der Waals surface area contributed by atoms with Crippen LogP contribution in [0.25, 0.3) is 0 Å². The first-order valence-electron chi connectivity index (χ1n) is 7.77. The van der Waals surface area contributed by atoms with E-state index in [1.165, 1.54) is 12.1 Å². The Morgan fingerprint density at radius 2 is 1.56 bits per heavy atom. The van der Waals surface area contributed by atoms with Crippen molar-refractivity contribution in [2.45, 2.75) is 19.2 Å². The molecule has 1 atom stereocenters. The minimum atomic E-state index is -4.38. The molecule has 1 unspecified atom stereocenters. The molecule has 2 aromatic carbocycles. The van der Waals surface area contributed by atoms with Gasteiger partial charge in [0.1, 0.15) is 17.2 Å². The van der Waals surface area contributed by atoms with Crippen LogP contribution in [0.4, 0.5) is 13.2 Å². The molecule has 0 aliphatic carbocycles. The monoisotopic (exact) mass is 460 g/mol. The van der Waals surface area contributed by atoms with Gasteiger partial charge in [-0.05, 0) is 59.9 Å². The van der Waals surface area contributed by atoms with Crippen LogP contribution in [0.2, 0.25) is 0 Å². The summed E-state index contributed by atoms with van der Waals surface area (Å²) in [5, 5.41) is -0.124. The number of alkyl halides is 3. The molecule has 0 radical (unpaired) electrons. The molecular formula is C19H16BrF3O3S. The van der Waals surface area contributed by atoms with Crippen LogP contribution in [-0.2, 0) is 11.0 Å². The third-order valence-electron chi connectivity index (χ3n) is 3.26. The number of carbonyl (C=O) groups excluding carboxylic acids is 1. The summed E-state index contributed by atoms with van der Waals surface area (Å²) in [4.78, 5) is 11.9. The van der Waals surface area contributed by atoms with Gasteiger partial charge in [-0.3, -0.25) is 4.79 Å². The van der Waals surface area contributed by atoms with Gasteiger partial charge in [-0.2, -0.15) is 13.2 Å². The average molecular weight is 461 g/mol. The minimum absolute atomic E-state index is 0.124. The Bertz CT molecular complexity index is 789. The van der Waals surface area contributed by atoms with E-state index in [0.29, 0.717) is 17.3 Å². The van der Waals surface area contributed by atoms with Gasteiger partial charge in [0.15, 0.2) is 6.10 Å². The molecule has 27 heavy (non-hydrogen) atoms. The lowest BCUT2D eigenvalue weighted by Crippen LogP contribution is -2.21. The molecule has 0 saturated heterocycles. The molecule has 0 aliphatic heterocycles. The molecule has 0 spiro atoms. The van der Waals surface area contributed by atoms with Crippen molar-refractivity contribution in [1.29, 1.82) is 0 Å². The highest BCUT2D eigenvalue weighted by Gasteiger charge is 2.30. The molecule has 144 valence electrons. The average Bonchev–Trinajstić information content (AvgIpc) is 2.61. The summed E-state index contributed by atoms with van der Waals surface area (Å²) < 4.78 is 49.5. The Balaban J connectivity index is 1.93. The van der Waals surface area contributed by atoms with Gasteiger partial charge in [-0.15, -0.1) is 0 Å². The molecule has 2 rings (SSSR count). The smallest absolute Gasteiger partial charge is 0.416 e. The SMILES string of the molecule is C=C(Br)CSC(=O)C(C)Oc1ccc(Oc2ccc(C(F)(F)F)cc2)cc1. The summed E-state index contributed by atoms with van der Waals surface area (Å²) in [5.41, 5.74) is -0.737. The Morgan fingerprint density at radius 1 is 1.07 bits per heavy atom. The Hall–Kier alpha value is -1.93. The first-order valence-corrected chi connectivity index (χ1v) is 9.55. The third kappa shape index (κ3) is 6.95. The van der Waals surface area contributed by atoms with Crippen molar-refractivity contribution in [2.75, 3.05) is 5.75 Å². The third-order valence-corrected chi connectivity index (χ3v) is 5.02. The Morgan fingerprint density at radius 3 is 2.04 bits per heavy atom. The molecule has 8 heteroatoms. The quantitative estimate of drug-likeness (QED) is 0.476. The van der Waals surface area contributed by atoms with E-state index in [0.717, 1.165) is 28.4 Å². The molecule has 0 heterocycles. The lowest BCUT2D eigenvalue weighted by molar-refractivity contribution is -0.137. The van der Waals surface area contributed by atoms with Crippen molar-refractivity contribution in [2.24, 2.45) is 0 Å². The first kappa shape index (κ1) is 21.4. The molecule has 3 nitrogen and oxygen atoms in total. The van der Waals surface area contributed by atoms with E-state index in [1.807, 2.05) is 0 Å². The molecule has 0 fully saturated rings. The number of thioether (sulfide) groups is 1. The van der Waals surface area contributed by atoms with E-state index >= 15 is 0 Å². The fraction of sp³-hybridized carbons (Fsp3) is 0.211. The lowest BCUT2D eigenvalue weighted by Gasteiger charge is -2.14. The van der Waals surface area contributed by atoms with Crippen LogP contribution in [0.5, 0.6) is 17.2 Å². The number of hydrogen-bond donors (Lipinski definition) is 0. The topological polar surface area (TPSA) is 35.5 Å². The van der Waals surface area contributed by atoms with Crippen molar-refractivity contribution >= 4 is 32.8 Å². The maximum atomic E-state index is 12.6. The maximum absolute atomic E-state index is 12.6. The molecule has 0 N–H and O–H groups in total. The van der Waals surface area contributed by atoms with E-state index in [4.69, 9.17) is 9.47 Å². The summed E-state index contributed by atoms with van der Waals surface area (Å²) in [6.45, 7) is 5.32. The van der Waals surface area contributed by atoms with Gasteiger partial charge in [-0.1, -0.05) is 34.3 Å². The largest absolute Gasteiger partial charge is 0.482 e. The number of benzene rings is 2. The highest BCUT2D eigenvalue weighted by Crippen LogP contribution is 2.31. The molecule has 0 amide bonds. The normalized spacial score (nSPS) is 12.3. The van der Waals surface area contributed by atoms with Crippen molar-refractivity contribution in [3.63, 3.8) is 0 Å². The first-order chi connectivity index (χ1) is 12.6. The van der Waals surface area contributed by atoms with Crippen LogP contribution in [0.1, 0.15) is 12.5 Å². The van der Waals surface area contributed by atoms with Gasteiger partial charge in [0.05, 0.1) is 5.56 Å².